The van der Waals surface area contributed by atoms with Gasteiger partial charge in [-0.2, -0.15) is 9.57 Å². The molecule has 0 bridgehead atoms. The third kappa shape index (κ3) is 3.41. The molecule has 1 fully saturated rings. The Kier molecular flexibility index (Phi) is 3.79. The topological polar surface area (TPSA) is 98.5 Å². The van der Waals surface area contributed by atoms with Crippen molar-refractivity contribution in [3.8, 4) is 6.07 Å². The standard InChI is InChI=1S/C10H16N2O4S/c1-8(2)12(5-9(13)14)17(15,16)7-10(6-11)3-4-10/h8H,3-5,7H2,1-2H3,(H,13,14). The number of rotatable bonds is 6. The van der Waals surface area contributed by atoms with Crippen LogP contribution < -0.4 is 0 Å². The SMILES string of the molecule is CC(C)N(CC(=O)O)S(=O)(=O)CC1(C#N)CC1. The minimum atomic E-state index is -3.69. The van der Waals surface area contributed by atoms with Gasteiger partial charge in [0.1, 0.15) is 6.54 Å². The van der Waals surface area contributed by atoms with E-state index in [-0.39, 0.29) is 5.75 Å². The molecule has 7 heteroatoms. The highest BCUT2D eigenvalue weighted by atomic mass is 32.2. The van der Waals surface area contributed by atoms with E-state index in [4.69, 9.17) is 10.4 Å². The third-order valence-corrected chi connectivity index (χ3v) is 4.96. The van der Waals surface area contributed by atoms with Crippen LogP contribution in [0.2, 0.25) is 0 Å². The lowest BCUT2D eigenvalue weighted by Gasteiger charge is -2.25. The Bertz CT molecular complexity index is 445. The zero-order chi connectivity index (χ0) is 13.3. The summed E-state index contributed by atoms with van der Waals surface area (Å²) in [4.78, 5) is 10.6. The van der Waals surface area contributed by atoms with Crippen molar-refractivity contribution in [2.24, 2.45) is 5.41 Å². The van der Waals surface area contributed by atoms with Gasteiger partial charge in [0, 0.05) is 6.04 Å². The van der Waals surface area contributed by atoms with Crippen LogP contribution >= 0.6 is 0 Å². The summed E-state index contributed by atoms with van der Waals surface area (Å²) in [5.41, 5.74) is -0.787. The highest BCUT2D eigenvalue weighted by Crippen LogP contribution is 2.46. The number of carbonyl (C=O) groups is 1. The van der Waals surface area contributed by atoms with E-state index in [0.717, 1.165) is 4.31 Å². The fraction of sp³-hybridized carbons (Fsp3) is 0.800. The van der Waals surface area contributed by atoms with E-state index in [1.165, 1.54) is 0 Å². The molecule has 0 amide bonds. The third-order valence-electron chi connectivity index (χ3n) is 2.77. The number of hydrogen-bond acceptors (Lipinski definition) is 4. The predicted octanol–water partition coefficient (Wildman–Crippen LogP) is 0.415. The molecule has 0 saturated heterocycles. The van der Waals surface area contributed by atoms with Crippen LogP contribution in [0.3, 0.4) is 0 Å². The van der Waals surface area contributed by atoms with E-state index in [9.17, 15) is 13.2 Å². The molecule has 0 aromatic rings. The van der Waals surface area contributed by atoms with Crippen LogP contribution in [0.1, 0.15) is 26.7 Å². The molecule has 0 spiro atoms. The van der Waals surface area contributed by atoms with Gasteiger partial charge in [0.25, 0.3) is 0 Å². The zero-order valence-electron chi connectivity index (χ0n) is 9.88. The molecule has 0 heterocycles. The number of carboxylic acids is 1. The van der Waals surface area contributed by atoms with Crippen LogP contribution in [-0.2, 0) is 14.8 Å². The van der Waals surface area contributed by atoms with Crippen LogP contribution in [0, 0.1) is 16.7 Å². The minimum absolute atomic E-state index is 0.276. The van der Waals surface area contributed by atoms with Crippen molar-refractivity contribution in [3.05, 3.63) is 0 Å². The van der Waals surface area contributed by atoms with E-state index in [2.05, 4.69) is 0 Å². The molecule has 17 heavy (non-hydrogen) atoms. The summed E-state index contributed by atoms with van der Waals surface area (Å²) in [5, 5.41) is 17.6. The first-order chi connectivity index (χ1) is 7.72. The maximum Gasteiger partial charge on any atom is 0.318 e. The smallest absolute Gasteiger partial charge is 0.318 e. The molecular weight excluding hydrogens is 244 g/mol. The number of sulfonamides is 1. The fourth-order valence-electron chi connectivity index (χ4n) is 1.61. The normalized spacial score (nSPS) is 18.1. The Balaban J connectivity index is 2.86. The van der Waals surface area contributed by atoms with Crippen LogP contribution in [0.5, 0.6) is 0 Å². The summed E-state index contributed by atoms with van der Waals surface area (Å²) >= 11 is 0. The second-order valence-electron chi connectivity index (χ2n) is 4.68. The molecule has 0 aliphatic heterocycles. The highest BCUT2D eigenvalue weighted by molar-refractivity contribution is 7.89. The maximum absolute atomic E-state index is 12.0. The molecule has 0 atom stereocenters. The monoisotopic (exact) mass is 260 g/mol. The van der Waals surface area contributed by atoms with Crippen LogP contribution in [0.15, 0.2) is 0 Å². The number of nitriles is 1. The van der Waals surface area contributed by atoms with Crippen molar-refractivity contribution in [1.29, 1.82) is 5.26 Å². The van der Waals surface area contributed by atoms with Gasteiger partial charge in [-0.1, -0.05) is 0 Å². The van der Waals surface area contributed by atoms with Crippen molar-refractivity contribution in [2.75, 3.05) is 12.3 Å². The molecule has 96 valence electrons. The number of carboxylic acid groups (broad SMARTS) is 1. The highest BCUT2D eigenvalue weighted by Gasteiger charge is 2.48. The number of aliphatic carboxylic acids is 1. The zero-order valence-corrected chi connectivity index (χ0v) is 10.7. The van der Waals surface area contributed by atoms with Crippen molar-refractivity contribution < 1.29 is 18.3 Å². The van der Waals surface area contributed by atoms with E-state index < -0.39 is 34.0 Å². The van der Waals surface area contributed by atoms with E-state index >= 15 is 0 Å². The average Bonchev–Trinajstić information content (AvgIpc) is 2.93. The minimum Gasteiger partial charge on any atom is -0.480 e. The molecule has 0 radical (unpaired) electrons. The van der Waals surface area contributed by atoms with Crippen molar-refractivity contribution in [3.63, 3.8) is 0 Å². The molecular formula is C10H16N2O4S. The van der Waals surface area contributed by atoms with Crippen LogP contribution in [0.4, 0.5) is 0 Å². The first kappa shape index (κ1) is 13.9. The summed E-state index contributed by atoms with van der Waals surface area (Å²) in [7, 11) is -3.69. The molecule has 0 unspecified atom stereocenters. The molecule has 0 aromatic heterocycles. The number of nitrogens with zero attached hydrogens (tertiary/aromatic N) is 2. The van der Waals surface area contributed by atoms with Gasteiger partial charge < -0.3 is 5.11 Å². The summed E-state index contributed by atoms with van der Waals surface area (Å²) in [6.45, 7) is 2.68. The number of hydrogen-bond donors (Lipinski definition) is 1. The molecule has 1 aliphatic carbocycles. The summed E-state index contributed by atoms with van der Waals surface area (Å²) in [5.74, 6) is -1.47. The Morgan fingerprint density at radius 3 is 2.35 bits per heavy atom. The molecule has 1 saturated carbocycles. The van der Waals surface area contributed by atoms with E-state index in [1.807, 2.05) is 6.07 Å². The quantitative estimate of drug-likeness (QED) is 0.746. The first-order valence-electron chi connectivity index (χ1n) is 5.35. The van der Waals surface area contributed by atoms with Crippen molar-refractivity contribution >= 4 is 16.0 Å². The summed E-state index contributed by atoms with van der Waals surface area (Å²) < 4.78 is 25.0. The summed E-state index contributed by atoms with van der Waals surface area (Å²) in [6, 6.07) is 1.58. The Morgan fingerprint density at radius 1 is 1.53 bits per heavy atom. The predicted molar refractivity (Wildman–Crippen MR) is 60.5 cm³/mol. The Morgan fingerprint density at radius 2 is 2.06 bits per heavy atom. The van der Waals surface area contributed by atoms with Crippen LogP contribution in [0.25, 0.3) is 0 Å². The van der Waals surface area contributed by atoms with Crippen LogP contribution in [-0.4, -0.2) is 42.1 Å². The second-order valence-corrected chi connectivity index (χ2v) is 6.60. The molecule has 1 rings (SSSR count). The fourth-order valence-corrected chi connectivity index (χ4v) is 3.77. The van der Waals surface area contributed by atoms with Crippen molar-refractivity contribution in [1.82, 2.24) is 4.31 Å². The average molecular weight is 260 g/mol. The Hall–Kier alpha value is -1.13. The van der Waals surface area contributed by atoms with E-state index in [1.54, 1.807) is 13.8 Å². The lowest BCUT2D eigenvalue weighted by Crippen LogP contribution is -2.43. The first-order valence-corrected chi connectivity index (χ1v) is 6.96. The lowest BCUT2D eigenvalue weighted by atomic mass is 10.2. The molecule has 1 aliphatic rings. The van der Waals surface area contributed by atoms with E-state index in [0.29, 0.717) is 12.8 Å². The van der Waals surface area contributed by atoms with Gasteiger partial charge >= 0.3 is 5.97 Å². The van der Waals surface area contributed by atoms with Gasteiger partial charge in [0.15, 0.2) is 0 Å². The molecule has 6 nitrogen and oxygen atoms in total. The summed E-state index contributed by atoms with van der Waals surface area (Å²) in [6.07, 6.45) is 1.14. The Labute approximate surface area is 101 Å². The largest absolute Gasteiger partial charge is 0.480 e. The maximum atomic E-state index is 12.0. The van der Waals surface area contributed by atoms with Crippen molar-refractivity contribution in [2.45, 2.75) is 32.7 Å². The molecule has 0 aromatic carbocycles. The van der Waals surface area contributed by atoms with Gasteiger partial charge in [-0.15, -0.1) is 0 Å². The van der Waals surface area contributed by atoms with Gasteiger partial charge in [0.2, 0.25) is 10.0 Å². The van der Waals surface area contributed by atoms with Gasteiger partial charge in [-0.3, -0.25) is 4.79 Å². The van der Waals surface area contributed by atoms with Gasteiger partial charge in [-0.25, -0.2) is 8.42 Å². The molecule has 1 N–H and O–H groups in total. The second kappa shape index (κ2) is 4.63. The van der Waals surface area contributed by atoms with Gasteiger partial charge in [0.05, 0.1) is 17.2 Å². The lowest BCUT2D eigenvalue weighted by molar-refractivity contribution is -0.137. The van der Waals surface area contributed by atoms with Gasteiger partial charge in [-0.05, 0) is 26.7 Å².